The number of aromatic nitrogens is 2. The molecule has 0 unspecified atom stereocenters. The minimum atomic E-state index is -0.377. The third-order valence-corrected chi connectivity index (χ3v) is 5.43. The van der Waals surface area contributed by atoms with Gasteiger partial charge in [0.05, 0.1) is 11.7 Å². The zero-order valence-electron chi connectivity index (χ0n) is 14.4. The maximum Gasteiger partial charge on any atom is 0.263 e. The molecule has 140 valence electrons. The Morgan fingerprint density at radius 3 is 2.54 bits per heavy atom. The molecular weight excluding hydrogens is 417 g/mol. The van der Waals surface area contributed by atoms with Crippen LogP contribution < -0.4 is 10.9 Å². The topological polar surface area (TPSA) is 64.0 Å². The number of anilines is 1. The molecule has 4 rings (SSSR count). The number of amides is 1. The van der Waals surface area contributed by atoms with Crippen LogP contribution in [0.2, 0.25) is 10.0 Å². The van der Waals surface area contributed by atoms with E-state index in [2.05, 4.69) is 10.3 Å². The fourth-order valence-corrected chi connectivity index (χ4v) is 4.32. The molecule has 0 fully saturated rings. The molecule has 0 saturated heterocycles. The third kappa shape index (κ3) is 3.80. The summed E-state index contributed by atoms with van der Waals surface area (Å²) in [5.74, 6) is -0.377. The van der Waals surface area contributed by atoms with Crippen molar-refractivity contribution in [2.75, 3.05) is 5.32 Å². The second-order valence-corrected chi connectivity index (χ2v) is 7.81. The third-order valence-electron chi connectivity index (χ3n) is 4.11. The first kappa shape index (κ1) is 18.7. The number of carbonyl (C=O) groups excluding carboxylic acids is 1. The zero-order valence-corrected chi connectivity index (χ0v) is 16.7. The minimum Gasteiger partial charge on any atom is -0.324 e. The molecule has 0 aliphatic rings. The lowest BCUT2D eigenvalue weighted by atomic mass is 10.1. The van der Waals surface area contributed by atoms with Crippen LogP contribution in [0.15, 0.2) is 65.0 Å². The molecule has 2 heterocycles. The molecule has 1 amide bonds. The summed E-state index contributed by atoms with van der Waals surface area (Å²) >= 11 is 13.3. The smallest absolute Gasteiger partial charge is 0.263 e. The lowest BCUT2D eigenvalue weighted by Gasteiger charge is -2.08. The van der Waals surface area contributed by atoms with Crippen LogP contribution in [0.5, 0.6) is 0 Å². The van der Waals surface area contributed by atoms with Crippen LogP contribution in [0.3, 0.4) is 0 Å². The normalized spacial score (nSPS) is 10.9. The lowest BCUT2D eigenvalue weighted by molar-refractivity contribution is -0.116. The summed E-state index contributed by atoms with van der Waals surface area (Å²) in [6, 6.07) is 14.4. The number of halogens is 2. The molecular formula is C20H13Cl2N3O2S. The number of nitrogens with zero attached hydrogens (tertiary/aromatic N) is 2. The molecule has 28 heavy (non-hydrogen) atoms. The standard InChI is InChI=1S/C20H13Cl2N3O2S/c21-13-6-14(22)8-15(7-13)24-17(26)9-25-11-23-19-18(20(25)27)16(10-28-19)12-4-2-1-3-5-12/h1-8,10-11H,9H2,(H,24,26). The molecule has 2 aromatic carbocycles. The Kier molecular flexibility index (Phi) is 5.17. The van der Waals surface area contributed by atoms with Crippen molar-refractivity contribution in [2.45, 2.75) is 6.54 Å². The largest absolute Gasteiger partial charge is 0.324 e. The van der Waals surface area contributed by atoms with E-state index >= 15 is 0 Å². The average Bonchev–Trinajstić information content (AvgIpc) is 3.09. The number of nitrogens with one attached hydrogen (secondary N) is 1. The number of benzene rings is 2. The molecule has 1 N–H and O–H groups in total. The van der Waals surface area contributed by atoms with E-state index < -0.39 is 0 Å². The first-order chi connectivity index (χ1) is 13.5. The van der Waals surface area contributed by atoms with Crippen LogP contribution in [0.25, 0.3) is 21.3 Å². The van der Waals surface area contributed by atoms with E-state index in [-0.39, 0.29) is 18.0 Å². The Morgan fingerprint density at radius 2 is 1.82 bits per heavy atom. The summed E-state index contributed by atoms with van der Waals surface area (Å²) in [4.78, 5) is 30.4. The summed E-state index contributed by atoms with van der Waals surface area (Å²) < 4.78 is 1.29. The van der Waals surface area contributed by atoms with E-state index in [1.165, 1.54) is 22.2 Å². The molecule has 5 nitrogen and oxygen atoms in total. The van der Waals surface area contributed by atoms with E-state index in [1.807, 2.05) is 35.7 Å². The van der Waals surface area contributed by atoms with Gasteiger partial charge < -0.3 is 5.32 Å². The second kappa shape index (κ2) is 7.75. The SMILES string of the molecule is O=C(Cn1cnc2scc(-c3ccccc3)c2c1=O)Nc1cc(Cl)cc(Cl)c1. The molecule has 0 aliphatic carbocycles. The summed E-state index contributed by atoms with van der Waals surface area (Å²) in [5, 5.41) is 5.94. The van der Waals surface area contributed by atoms with E-state index in [0.29, 0.717) is 25.9 Å². The number of hydrogen-bond donors (Lipinski definition) is 1. The van der Waals surface area contributed by atoms with Crippen LogP contribution in [0.1, 0.15) is 0 Å². The predicted molar refractivity (Wildman–Crippen MR) is 114 cm³/mol. The monoisotopic (exact) mass is 429 g/mol. The summed E-state index contributed by atoms with van der Waals surface area (Å²) in [6.07, 6.45) is 1.39. The van der Waals surface area contributed by atoms with Gasteiger partial charge in [0.15, 0.2) is 0 Å². The second-order valence-electron chi connectivity index (χ2n) is 6.08. The zero-order chi connectivity index (χ0) is 19.7. The van der Waals surface area contributed by atoms with Gasteiger partial charge in [0.2, 0.25) is 5.91 Å². The molecule has 0 bridgehead atoms. The van der Waals surface area contributed by atoms with Gasteiger partial charge in [0, 0.05) is 26.7 Å². The Labute approximate surface area is 174 Å². The van der Waals surface area contributed by atoms with Crippen molar-refractivity contribution in [3.63, 3.8) is 0 Å². The van der Waals surface area contributed by atoms with Crippen molar-refractivity contribution in [3.8, 4) is 11.1 Å². The van der Waals surface area contributed by atoms with Gasteiger partial charge in [-0.25, -0.2) is 4.98 Å². The fraction of sp³-hybridized carbons (Fsp3) is 0.0500. The van der Waals surface area contributed by atoms with Gasteiger partial charge in [-0.2, -0.15) is 0 Å². The Morgan fingerprint density at radius 1 is 1.11 bits per heavy atom. The van der Waals surface area contributed by atoms with Gasteiger partial charge in [-0.15, -0.1) is 11.3 Å². The molecule has 0 spiro atoms. The summed E-state index contributed by atoms with van der Waals surface area (Å²) in [5.41, 5.74) is 1.95. The van der Waals surface area contributed by atoms with Crippen LogP contribution in [0, 0.1) is 0 Å². The molecule has 0 saturated carbocycles. The fourth-order valence-electron chi connectivity index (χ4n) is 2.89. The highest BCUT2D eigenvalue weighted by Gasteiger charge is 2.15. The molecule has 4 aromatic rings. The number of thiophene rings is 1. The Balaban J connectivity index is 1.65. The molecule has 8 heteroatoms. The molecule has 0 radical (unpaired) electrons. The van der Waals surface area contributed by atoms with Gasteiger partial charge in [-0.1, -0.05) is 53.5 Å². The molecule has 0 atom stereocenters. The Hall–Kier alpha value is -2.67. The van der Waals surface area contributed by atoms with Gasteiger partial charge in [-0.05, 0) is 23.8 Å². The van der Waals surface area contributed by atoms with E-state index in [4.69, 9.17) is 23.2 Å². The molecule has 2 aromatic heterocycles. The number of hydrogen-bond acceptors (Lipinski definition) is 4. The highest BCUT2D eigenvalue weighted by Crippen LogP contribution is 2.30. The van der Waals surface area contributed by atoms with E-state index in [1.54, 1.807) is 18.2 Å². The maximum atomic E-state index is 13.0. The minimum absolute atomic E-state index is 0.171. The van der Waals surface area contributed by atoms with Crippen molar-refractivity contribution in [1.82, 2.24) is 9.55 Å². The van der Waals surface area contributed by atoms with Crippen LogP contribution in [0.4, 0.5) is 5.69 Å². The van der Waals surface area contributed by atoms with Gasteiger partial charge in [-0.3, -0.25) is 14.2 Å². The quantitative estimate of drug-likeness (QED) is 0.492. The first-order valence-corrected chi connectivity index (χ1v) is 9.93. The number of fused-ring (bicyclic) bond motifs is 1. The van der Waals surface area contributed by atoms with Crippen molar-refractivity contribution < 1.29 is 4.79 Å². The average molecular weight is 430 g/mol. The Bertz CT molecular complexity index is 1220. The number of rotatable bonds is 4. The number of carbonyl (C=O) groups is 1. The summed E-state index contributed by atoms with van der Waals surface area (Å²) in [7, 11) is 0. The molecule has 0 aliphatic heterocycles. The van der Waals surface area contributed by atoms with Crippen molar-refractivity contribution in [2.24, 2.45) is 0 Å². The van der Waals surface area contributed by atoms with Crippen molar-refractivity contribution in [3.05, 3.63) is 80.6 Å². The van der Waals surface area contributed by atoms with E-state index in [0.717, 1.165) is 11.1 Å². The van der Waals surface area contributed by atoms with Crippen molar-refractivity contribution >= 4 is 56.3 Å². The highest BCUT2D eigenvalue weighted by atomic mass is 35.5. The predicted octanol–water partition coefficient (Wildman–Crippen LogP) is 5.07. The van der Waals surface area contributed by atoms with E-state index in [9.17, 15) is 9.59 Å². The van der Waals surface area contributed by atoms with Crippen molar-refractivity contribution in [1.29, 1.82) is 0 Å². The first-order valence-electron chi connectivity index (χ1n) is 8.29. The van der Waals surface area contributed by atoms with Crippen LogP contribution in [-0.4, -0.2) is 15.5 Å². The lowest BCUT2D eigenvalue weighted by Crippen LogP contribution is -2.27. The van der Waals surface area contributed by atoms with Crippen LogP contribution in [-0.2, 0) is 11.3 Å². The maximum absolute atomic E-state index is 13.0. The van der Waals surface area contributed by atoms with Crippen LogP contribution >= 0.6 is 34.5 Å². The van der Waals surface area contributed by atoms with Gasteiger partial charge in [0.1, 0.15) is 11.4 Å². The highest BCUT2D eigenvalue weighted by molar-refractivity contribution is 7.17. The van der Waals surface area contributed by atoms with Gasteiger partial charge in [0.25, 0.3) is 5.56 Å². The summed E-state index contributed by atoms with van der Waals surface area (Å²) in [6.45, 7) is -0.171. The van der Waals surface area contributed by atoms with Gasteiger partial charge >= 0.3 is 0 Å².